The maximum absolute atomic E-state index is 13.4. The predicted octanol–water partition coefficient (Wildman–Crippen LogP) is 2.84. The first-order valence-corrected chi connectivity index (χ1v) is 11.4. The zero-order valence-electron chi connectivity index (χ0n) is 16.6. The highest BCUT2D eigenvalue weighted by atomic mass is 35.5. The average molecular weight is 456 g/mol. The van der Waals surface area contributed by atoms with Gasteiger partial charge in [-0.15, -0.1) is 11.8 Å². The van der Waals surface area contributed by atoms with Crippen molar-refractivity contribution < 1.29 is 14.6 Å². The number of carbonyl (C=O) groups is 1. The minimum absolute atomic E-state index is 0.106. The van der Waals surface area contributed by atoms with Crippen molar-refractivity contribution in [3.8, 4) is 11.4 Å². The number of cyclic esters (lactones) is 1. The molecule has 2 aromatic heterocycles. The Bertz CT molecular complexity index is 1400. The van der Waals surface area contributed by atoms with Crippen LogP contribution in [0.25, 0.3) is 22.3 Å². The summed E-state index contributed by atoms with van der Waals surface area (Å²) in [6.07, 6.45) is 0.106. The van der Waals surface area contributed by atoms with Gasteiger partial charge in [0.15, 0.2) is 5.60 Å². The number of thioether (sulfide) groups is 1. The van der Waals surface area contributed by atoms with Crippen molar-refractivity contribution in [1.82, 2.24) is 9.55 Å². The molecule has 0 saturated heterocycles. The smallest absolute Gasteiger partial charge is 0.343 e. The van der Waals surface area contributed by atoms with Gasteiger partial charge in [0.25, 0.3) is 5.56 Å². The van der Waals surface area contributed by atoms with Crippen LogP contribution in [0.3, 0.4) is 0 Å². The van der Waals surface area contributed by atoms with E-state index in [1.807, 2.05) is 12.1 Å². The zero-order chi connectivity index (χ0) is 21.7. The van der Waals surface area contributed by atoms with E-state index in [-0.39, 0.29) is 24.6 Å². The number of pyridine rings is 2. The number of nitrogens with two attached hydrogens (primary N) is 1. The zero-order valence-corrected chi connectivity index (χ0v) is 18.1. The van der Waals surface area contributed by atoms with Gasteiger partial charge < -0.3 is 20.1 Å². The Balaban J connectivity index is 1.69. The molecule has 0 fully saturated rings. The highest BCUT2D eigenvalue weighted by Gasteiger charge is 2.45. The molecule has 0 bridgehead atoms. The summed E-state index contributed by atoms with van der Waals surface area (Å²) in [4.78, 5) is 31.5. The molecule has 9 heteroatoms. The van der Waals surface area contributed by atoms with E-state index < -0.39 is 11.6 Å². The van der Waals surface area contributed by atoms with E-state index in [2.05, 4.69) is 0 Å². The van der Waals surface area contributed by atoms with Gasteiger partial charge in [0.1, 0.15) is 6.61 Å². The fraction of sp³-hybridized carbons (Fsp3) is 0.318. The van der Waals surface area contributed by atoms with Crippen LogP contribution in [0.15, 0.2) is 27.9 Å². The number of carbonyl (C=O) groups excluding carboxylic acids is 1. The molecule has 0 spiro atoms. The van der Waals surface area contributed by atoms with E-state index in [1.54, 1.807) is 29.3 Å². The van der Waals surface area contributed by atoms with Crippen LogP contribution in [0.2, 0.25) is 5.02 Å². The van der Waals surface area contributed by atoms with E-state index >= 15 is 0 Å². The van der Waals surface area contributed by atoms with E-state index in [0.29, 0.717) is 39.8 Å². The maximum atomic E-state index is 13.4. The number of esters is 1. The highest BCUT2D eigenvalue weighted by Crippen LogP contribution is 2.48. The number of benzene rings is 1. The van der Waals surface area contributed by atoms with Gasteiger partial charge >= 0.3 is 5.97 Å². The number of aromatic nitrogens is 2. The van der Waals surface area contributed by atoms with Crippen LogP contribution in [0.5, 0.6) is 0 Å². The molecule has 158 valence electrons. The van der Waals surface area contributed by atoms with Gasteiger partial charge in [-0.1, -0.05) is 18.5 Å². The summed E-state index contributed by atoms with van der Waals surface area (Å²) in [5, 5.41) is 12.6. The SMILES string of the molecule is CC[C@@]1(O)C(=O)OCc2c1cc1n(c2=O)Cc2c-1nc1ccc(Cl)c3c1c2C(N)CS3. The maximum Gasteiger partial charge on any atom is 0.343 e. The molecule has 2 atom stereocenters. The Hall–Kier alpha value is -2.39. The first kappa shape index (κ1) is 19.3. The van der Waals surface area contributed by atoms with E-state index in [0.717, 1.165) is 26.9 Å². The van der Waals surface area contributed by atoms with Gasteiger partial charge in [-0.25, -0.2) is 9.78 Å². The van der Waals surface area contributed by atoms with E-state index in [1.165, 1.54) is 0 Å². The molecular weight excluding hydrogens is 438 g/mol. The molecule has 0 aliphatic carbocycles. The van der Waals surface area contributed by atoms with Crippen LogP contribution in [-0.2, 0) is 28.3 Å². The molecule has 0 amide bonds. The number of rotatable bonds is 1. The summed E-state index contributed by atoms with van der Waals surface area (Å²) in [6.45, 7) is 1.87. The predicted molar refractivity (Wildman–Crippen MR) is 117 cm³/mol. The summed E-state index contributed by atoms with van der Waals surface area (Å²) in [7, 11) is 0. The summed E-state index contributed by atoms with van der Waals surface area (Å²) in [6, 6.07) is 5.19. The minimum Gasteiger partial charge on any atom is -0.458 e. The second-order valence-corrected chi connectivity index (χ2v) is 9.58. The molecular formula is C22H18ClN3O4S. The first-order chi connectivity index (χ1) is 14.8. The lowest BCUT2D eigenvalue weighted by molar-refractivity contribution is -0.172. The van der Waals surface area contributed by atoms with Gasteiger partial charge in [-0.2, -0.15) is 0 Å². The molecule has 5 heterocycles. The lowest BCUT2D eigenvalue weighted by atomic mass is 9.86. The number of ether oxygens (including phenoxy) is 1. The summed E-state index contributed by atoms with van der Waals surface area (Å²) in [5.41, 5.74) is 8.89. The number of aliphatic hydroxyl groups is 1. The summed E-state index contributed by atoms with van der Waals surface area (Å²) < 4.78 is 6.77. The molecule has 3 aliphatic heterocycles. The molecule has 3 aliphatic rings. The Kier molecular flexibility index (Phi) is 3.94. The topological polar surface area (TPSA) is 107 Å². The molecule has 1 unspecified atom stereocenters. The molecule has 7 nitrogen and oxygen atoms in total. The van der Waals surface area contributed by atoms with Gasteiger partial charge in [-0.3, -0.25) is 4.79 Å². The largest absolute Gasteiger partial charge is 0.458 e. The Morgan fingerprint density at radius 1 is 1.39 bits per heavy atom. The van der Waals surface area contributed by atoms with Crippen LogP contribution in [0, 0.1) is 0 Å². The normalized spacial score (nSPS) is 23.4. The highest BCUT2D eigenvalue weighted by molar-refractivity contribution is 7.99. The van der Waals surface area contributed by atoms with Crippen molar-refractivity contribution >= 4 is 40.2 Å². The second kappa shape index (κ2) is 6.32. The monoisotopic (exact) mass is 455 g/mol. The molecule has 0 radical (unpaired) electrons. The van der Waals surface area contributed by atoms with Crippen molar-refractivity contribution in [2.24, 2.45) is 5.73 Å². The Morgan fingerprint density at radius 3 is 2.97 bits per heavy atom. The van der Waals surface area contributed by atoms with E-state index in [4.69, 9.17) is 27.1 Å². The number of nitrogens with zero attached hydrogens (tertiary/aromatic N) is 2. The van der Waals surface area contributed by atoms with Crippen molar-refractivity contribution in [2.45, 2.75) is 43.0 Å². The first-order valence-electron chi connectivity index (χ1n) is 10.1. The van der Waals surface area contributed by atoms with Gasteiger partial charge in [0.05, 0.1) is 34.0 Å². The second-order valence-electron chi connectivity index (χ2n) is 8.14. The Morgan fingerprint density at radius 2 is 2.19 bits per heavy atom. The van der Waals surface area contributed by atoms with Crippen molar-refractivity contribution in [3.63, 3.8) is 0 Å². The summed E-state index contributed by atoms with van der Waals surface area (Å²) in [5.74, 6) is -0.0490. The molecule has 3 aromatic rings. The molecule has 6 rings (SSSR count). The average Bonchev–Trinajstić information content (AvgIpc) is 3.13. The summed E-state index contributed by atoms with van der Waals surface area (Å²) >= 11 is 8.07. The third kappa shape index (κ3) is 2.36. The van der Waals surface area contributed by atoms with E-state index in [9.17, 15) is 14.7 Å². The fourth-order valence-electron chi connectivity index (χ4n) is 4.96. The number of hydrogen-bond donors (Lipinski definition) is 2. The lowest BCUT2D eigenvalue weighted by Gasteiger charge is -2.31. The van der Waals surface area contributed by atoms with Crippen molar-refractivity contribution in [3.05, 3.63) is 55.8 Å². The Labute approximate surface area is 186 Å². The molecule has 31 heavy (non-hydrogen) atoms. The molecule has 1 aromatic carbocycles. The van der Waals surface area contributed by atoms with Gasteiger partial charge in [-0.05, 0) is 30.2 Å². The van der Waals surface area contributed by atoms with Crippen molar-refractivity contribution in [2.75, 3.05) is 5.75 Å². The molecule has 0 saturated carbocycles. The molecule has 3 N–H and O–H groups in total. The van der Waals surface area contributed by atoms with Crippen LogP contribution in [0.1, 0.15) is 41.6 Å². The fourth-order valence-corrected chi connectivity index (χ4v) is 6.36. The standard InChI is InChI=1S/C22H18ClN3O4S/c1-2-22(29)11-5-15-18-9(6-26(15)20(27)10(11)7-30-21(22)28)16-13(24)8-31-19-12(23)3-4-14(25-18)17(16)19/h3-5,13,29H,2,6-8,24H2,1H3/t13?,22-/m0/s1. The van der Waals surface area contributed by atoms with Gasteiger partial charge in [0, 0.05) is 33.2 Å². The van der Waals surface area contributed by atoms with Crippen LogP contribution >= 0.6 is 23.4 Å². The van der Waals surface area contributed by atoms with Crippen molar-refractivity contribution in [1.29, 1.82) is 0 Å². The number of fused-ring (bicyclic) bond motifs is 5. The third-order valence-electron chi connectivity index (χ3n) is 6.58. The quantitative estimate of drug-likeness (QED) is 0.425. The third-order valence-corrected chi connectivity index (χ3v) is 8.25. The minimum atomic E-state index is -1.84. The lowest BCUT2D eigenvalue weighted by Crippen LogP contribution is -2.44. The number of hydrogen-bond acceptors (Lipinski definition) is 7. The van der Waals surface area contributed by atoms with Crippen LogP contribution < -0.4 is 11.3 Å². The van der Waals surface area contributed by atoms with Crippen LogP contribution in [-0.4, -0.2) is 26.4 Å². The van der Waals surface area contributed by atoms with Gasteiger partial charge in [0.2, 0.25) is 0 Å². The van der Waals surface area contributed by atoms with Crippen LogP contribution in [0.4, 0.5) is 0 Å². The number of halogens is 1.